The van der Waals surface area contributed by atoms with E-state index < -0.39 is 6.67 Å². The minimum absolute atomic E-state index is 0.189. The third-order valence-corrected chi connectivity index (χ3v) is 10.9. The fourth-order valence-corrected chi connectivity index (χ4v) is 8.28. The predicted molar refractivity (Wildman–Crippen MR) is 182 cm³/mol. The second-order valence-corrected chi connectivity index (χ2v) is 13.5. The van der Waals surface area contributed by atoms with E-state index >= 15 is 0 Å². The molecule has 47 heavy (non-hydrogen) atoms. The highest BCUT2D eigenvalue weighted by Gasteiger charge is 2.51. The van der Waals surface area contributed by atoms with Crippen molar-refractivity contribution in [3.63, 3.8) is 0 Å². The van der Waals surface area contributed by atoms with E-state index in [2.05, 4.69) is 71.1 Å². The number of rotatable bonds is 8. The molecule has 1 spiro atoms. The van der Waals surface area contributed by atoms with Crippen LogP contribution in [0.5, 0.6) is 6.01 Å². The molecule has 9 nitrogen and oxygen atoms in total. The van der Waals surface area contributed by atoms with Crippen molar-refractivity contribution < 1.29 is 13.9 Å². The maximum Gasteiger partial charge on any atom is 0.318 e. The quantitative estimate of drug-likeness (QED) is 0.307. The number of halogens is 1. The zero-order chi connectivity index (χ0) is 32.5. The highest BCUT2D eigenvalue weighted by molar-refractivity contribution is 5.97. The minimum atomic E-state index is -0.696. The van der Waals surface area contributed by atoms with Crippen molar-refractivity contribution in [1.29, 1.82) is 5.26 Å². The lowest BCUT2D eigenvalue weighted by Gasteiger charge is -2.55. The molecule has 0 bridgehead atoms. The largest absolute Gasteiger partial charge is 0.462 e. The first-order valence-electron chi connectivity index (χ1n) is 17.1. The minimum Gasteiger partial charge on any atom is -0.462 e. The fourth-order valence-electron chi connectivity index (χ4n) is 8.28. The maximum absolute atomic E-state index is 12.9. The summed E-state index contributed by atoms with van der Waals surface area (Å²) in [6.07, 6.45) is 8.86. The van der Waals surface area contributed by atoms with Crippen molar-refractivity contribution in [3.05, 3.63) is 65.4 Å². The first-order valence-corrected chi connectivity index (χ1v) is 17.1. The topological polar surface area (TPSA) is 88.8 Å². The zero-order valence-corrected chi connectivity index (χ0v) is 27.5. The van der Waals surface area contributed by atoms with Crippen molar-refractivity contribution in [3.8, 4) is 12.1 Å². The van der Waals surface area contributed by atoms with Crippen LogP contribution in [0.15, 0.2) is 48.6 Å². The van der Waals surface area contributed by atoms with Crippen molar-refractivity contribution >= 4 is 28.2 Å². The lowest BCUT2D eigenvalue weighted by atomic mass is 9.68. The van der Waals surface area contributed by atoms with E-state index in [9.17, 15) is 14.4 Å². The Morgan fingerprint density at radius 3 is 2.66 bits per heavy atom. The molecule has 2 aromatic carbocycles. The van der Waals surface area contributed by atoms with Gasteiger partial charge in [0.05, 0.1) is 29.8 Å². The smallest absolute Gasteiger partial charge is 0.318 e. The number of nitriles is 1. The Morgan fingerprint density at radius 1 is 1.11 bits per heavy atom. The van der Waals surface area contributed by atoms with Gasteiger partial charge in [-0.15, -0.1) is 0 Å². The van der Waals surface area contributed by atoms with Crippen LogP contribution in [0.4, 0.5) is 15.9 Å². The number of hydrogen-bond acceptors (Lipinski definition) is 8. The summed E-state index contributed by atoms with van der Waals surface area (Å²) < 4.78 is 19.3. The normalized spacial score (nSPS) is 22.5. The number of nitrogens with zero attached hydrogens (tertiary/aromatic N) is 7. The number of carbonyl (C=O) groups excluding carboxylic acids is 1. The summed E-state index contributed by atoms with van der Waals surface area (Å²) in [5.41, 5.74) is 4.47. The molecule has 1 aromatic heterocycles. The number of benzene rings is 2. The molecule has 2 saturated heterocycles. The van der Waals surface area contributed by atoms with Gasteiger partial charge in [-0.25, -0.2) is 4.39 Å². The van der Waals surface area contributed by atoms with Crippen LogP contribution in [-0.4, -0.2) is 90.8 Å². The number of fused-ring (bicyclic) bond motifs is 3. The van der Waals surface area contributed by atoms with Gasteiger partial charge in [0.15, 0.2) is 0 Å². The first kappa shape index (κ1) is 31.4. The van der Waals surface area contributed by atoms with Gasteiger partial charge in [-0.1, -0.05) is 30.3 Å². The standard InChI is InChI=1S/C37H44FN7O2/c1-26-8-3-9-27-10-4-12-31(33(26)27)45-21-15-30-34(37(45)16-7-17-37)40-36(47-25-29-11-6-20-42(29)2)41-35(30)43-22-23-44(28(24-43)14-19-39)32(46)13-5-18-38/h3-5,8-10,12-13,28-29H,6-7,11,14-18,20-25H2,1-2H3/b13-5+/t28-,29-/m0/s1. The maximum atomic E-state index is 12.9. The Balaban J connectivity index is 1.29. The number of allylic oxidation sites excluding steroid dienone is 1. The van der Waals surface area contributed by atoms with Crippen LogP contribution in [0.1, 0.15) is 55.3 Å². The summed E-state index contributed by atoms with van der Waals surface area (Å²) in [7, 11) is 2.15. The van der Waals surface area contributed by atoms with Gasteiger partial charge in [-0.05, 0) is 82.1 Å². The van der Waals surface area contributed by atoms with Gasteiger partial charge >= 0.3 is 6.01 Å². The molecular weight excluding hydrogens is 593 g/mol. The van der Waals surface area contributed by atoms with Crippen molar-refractivity contribution in [2.24, 2.45) is 0 Å². The van der Waals surface area contributed by atoms with E-state index in [4.69, 9.17) is 14.7 Å². The Hall–Kier alpha value is -4.23. The van der Waals surface area contributed by atoms with Gasteiger partial charge in [0.2, 0.25) is 5.91 Å². The summed E-state index contributed by atoms with van der Waals surface area (Å²) in [5, 5.41) is 12.2. The van der Waals surface area contributed by atoms with Crippen molar-refractivity contribution in [1.82, 2.24) is 19.8 Å². The molecule has 7 rings (SSSR count). The number of ether oxygens (including phenoxy) is 1. The van der Waals surface area contributed by atoms with Crippen LogP contribution in [0.25, 0.3) is 10.8 Å². The highest BCUT2D eigenvalue weighted by atomic mass is 19.1. The average Bonchev–Trinajstić information content (AvgIpc) is 3.48. The van der Waals surface area contributed by atoms with Crippen molar-refractivity contribution in [2.75, 3.05) is 62.9 Å². The Morgan fingerprint density at radius 2 is 1.94 bits per heavy atom. The lowest BCUT2D eigenvalue weighted by Crippen LogP contribution is -2.57. The molecule has 10 heteroatoms. The number of hydrogen-bond donors (Lipinski definition) is 0. The van der Waals surface area contributed by atoms with Gasteiger partial charge < -0.3 is 24.3 Å². The summed E-state index contributed by atoms with van der Waals surface area (Å²) in [5.74, 6) is 0.602. The first-order chi connectivity index (χ1) is 22.9. The van der Waals surface area contributed by atoms with Crippen LogP contribution < -0.4 is 14.5 Å². The van der Waals surface area contributed by atoms with Crippen LogP contribution in [0, 0.1) is 18.3 Å². The van der Waals surface area contributed by atoms with Gasteiger partial charge in [-0.2, -0.15) is 15.2 Å². The number of aromatic nitrogens is 2. The average molecular weight is 638 g/mol. The Bertz CT molecular complexity index is 1710. The van der Waals surface area contributed by atoms with E-state index in [1.807, 2.05) is 0 Å². The molecule has 3 aromatic rings. The molecule has 0 N–H and O–H groups in total. The number of likely N-dealkylation sites (tertiary alicyclic amines) is 1. The molecule has 4 heterocycles. The molecule has 4 aliphatic rings. The number of likely N-dealkylation sites (N-methyl/N-ethyl adjacent to an activating group) is 1. The van der Waals surface area contributed by atoms with Crippen LogP contribution >= 0.6 is 0 Å². The van der Waals surface area contributed by atoms with E-state index in [1.54, 1.807) is 4.90 Å². The summed E-state index contributed by atoms with van der Waals surface area (Å²) in [4.78, 5) is 32.2. The van der Waals surface area contributed by atoms with E-state index in [1.165, 1.54) is 34.2 Å². The molecule has 1 aliphatic carbocycles. The second-order valence-electron chi connectivity index (χ2n) is 13.5. The zero-order valence-electron chi connectivity index (χ0n) is 27.5. The molecule has 3 aliphatic heterocycles. The molecular formula is C37H44FN7O2. The molecule has 1 amide bonds. The van der Waals surface area contributed by atoms with Crippen molar-refractivity contribution in [2.45, 2.75) is 69.5 Å². The summed E-state index contributed by atoms with van der Waals surface area (Å²) >= 11 is 0. The predicted octanol–water partition coefficient (Wildman–Crippen LogP) is 5.31. The Labute approximate surface area is 276 Å². The number of amides is 1. The third kappa shape index (κ3) is 5.69. The number of alkyl halides is 1. The molecule has 2 atom stereocenters. The van der Waals surface area contributed by atoms with Gasteiger partial charge in [0.1, 0.15) is 19.1 Å². The van der Waals surface area contributed by atoms with E-state index in [0.29, 0.717) is 38.3 Å². The summed E-state index contributed by atoms with van der Waals surface area (Å²) in [6.45, 7) is 5.40. The lowest BCUT2D eigenvalue weighted by molar-refractivity contribution is -0.128. The van der Waals surface area contributed by atoms with Crippen LogP contribution in [0.3, 0.4) is 0 Å². The number of anilines is 2. The molecule has 0 radical (unpaired) electrons. The number of carbonyl (C=O) groups is 1. The SMILES string of the molecule is Cc1cccc2cccc(N3CCc4c(N5CCN(C(=O)/C=C/CF)[C@@H](CC#N)C5)nc(OC[C@@H]5CCCN5C)nc4C34CCC4)c12. The Kier molecular flexibility index (Phi) is 8.75. The van der Waals surface area contributed by atoms with E-state index in [-0.39, 0.29) is 23.9 Å². The molecule has 3 fully saturated rings. The number of aryl methyl sites for hydroxylation is 1. The number of piperazine rings is 1. The third-order valence-electron chi connectivity index (χ3n) is 10.9. The van der Waals surface area contributed by atoms with Crippen LogP contribution in [0.2, 0.25) is 0 Å². The molecule has 1 saturated carbocycles. The molecule has 0 unspecified atom stereocenters. The second kappa shape index (κ2) is 13.1. The monoisotopic (exact) mass is 637 g/mol. The summed E-state index contributed by atoms with van der Waals surface area (Å²) in [6, 6.07) is 15.8. The highest BCUT2D eigenvalue weighted by Crippen LogP contribution is 2.53. The van der Waals surface area contributed by atoms with Gasteiger partial charge in [-0.3, -0.25) is 4.79 Å². The fraction of sp³-hybridized carbons (Fsp3) is 0.514. The van der Waals surface area contributed by atoms with Gasteiger partial charge in [0, 0.05) is 54.9 Å². The molecule has 246 valence electrons. The van der Waals surface area contributed by atoms with Crippen LogP contribution in [-0.2, 0) is 16.8 Å². The van der Waals surface area contributed by atoms with E-state index in [0.717, 1.165) is 68.7 Å². The van der Waals surface area contributed by atoms with Gasteiger partial charge in [0.25, 0.3) is 0 Å².